The Labute approximate surface area is 113 Å². The van der Waals surface area contributed by atoms with E-state index in [1.807, 2.05) is 0 Å². The minimum absolute atomic E-state index is 0. The van der Waals surface area contributed by atoms with E-state index in [0.29, 0.717) is 0 Å². The molecule has 0 fully saturated rings. The van der Waals surface area contributed by atoms with E-state index >= 15 is 0 Å². The Kier molecular flexibility index (Phi) is 5.95. The van der Waals surface area contributed by atoms with Gasteiger partial charge in [-0.1, -0.05) is 30.4 Å². The second kappa shape index (κ2) is 5.85. The third kappa shape index (κ3) is 2.83. The van der Waals surface area contributed by atoms with Crippen molar-refractivity contribution < 1.29 is 0 Å². The van der Waals surface area contributed by atoms with Crippen LogP contribution in [0, 0.1) is 0 Å². The summed E-state index contributed by atoms with van der Waals surface area (Å²) in [4.78, 5) is 2.25. The highest BCUT2D eigenvalue weighted by atomic mass is 127. The summed E-state index contributed by atoms with van der Waals surface area (Å²) < 4.78 is 0. The lowest BCUT2D eigenvalue weighted by Gasteiger charge is -2.22. The lowest BCUT2D eigenvalue weighted by atomic mass is 10.1. The summed E-state index contributed by atoms with van der Waals surface area (Å²) in [6.45, 7) is 1.02. The van der Waals surface area contributed by atoms with Crippen LogP contribution in [-0.2, 0) is 0 Å². The van der Waals surface area contributed by atoms with Crippen molar-refractivity contribution in [3.05, 3.63) is 35.9 Å². The van der Waals surface area contributed by atoms with Gasteiger partial charge in [-0.15, -0.1) is 48.0 Å². The van der Waals surface area contributed by atoms with Gasteiger partial charge in [0.05, 0.1) is 0 Å². The van der Waals surface area contributed by atoms with E-state index in [9.17, 15) is 0 Å². The second-order valence-electron chi connectivity index (χ2n) is 2.84. The molecule has 1 aromatic carbocycles. The molecular weight excluding hydrogens is 388 g/mol. The van der Waals surface area contributed by atoms with Crippen molar-refractivity contribution in [2.45, 2.75) is 0 Å². The maximum absolute atomic E-state index is 2.25. The summed E-state index contributed by atoms with van der Waals surface area (Å²) in [6, 6.07) is 8.44. The fourth-order valence-corrected chi connectivity index (χ4v) is 1.41. The first-order valence-electron chi connectivity index (χ1n) is 3.84. The monoisotopic (exact) mass is 401 g/mol. The first kappa shape index (κ1) is 13.2. The van der Waals surface area contributed by atoms with Gasteiger partial charge in [0, 0.05) is 19.3 Å². The highest BCUT2D eigenvalue weighted by Crippen LogP contribution is 2.23. The number of halogens is 2. The summed E-state index contributed by atoms with van der Waals surface area (Å²) in [5, 5.41) is 0. The van der Waals surface area contributed by atoms with E-state index < -0.39 is 0 Å². The van der Waals surface area contributed by atoms with Gasteiger partial charge in [0.1, 0.15) is 0 Å². The molecule has 1 aliphatic rings. The predicted octanol–water partition coefficient (Wildman–Crippen LogP) is 3.39. The number of benzene rings is 1. The third-order valence-corrected chi connectivity index (χ3v) is 2.02. The maximum Gasteiger partial charge on any atom is 0.0439 e. The number of likely N-dealkylation sites (N-methyl/N-ethyl adjacent to an activating group) is 1. The smallest absolute Gasteiger partial charge is 0.0439 e. The zero-order valence-electron chi connectivity index (χ0n) is 7.43. The Bertz CT molecular complexity index is 297. The van der Waals surface area contributed by atoms with Crippen molar-refractivity contribution in [2.75, 3.05) is 18.5 Å². The van der Waals surface area contributed by atoms with Crippen LogP contribution in [0.15, 0.2) is 30.3 Å². The molecule has 0 N–H and O–H groups in total. The number of para-hydroxylation sites is 1. The van der Waals surface area contributed by atoms with Crippen molar-refractivity contribution in [1.29, 1.82) is 0 Å². The quantitative estimate of drug-likeness (QED) is 0.603. The average Bonchev–Trinajstić information content (AvgIpc) is 2.06. The molecule has 13 heavy (non-hydrogen) atoms. The molecule has 1 heterocycles. The lowest BCUT2D eigenvalue weighted by Crippen LogP contribution is -2.19. The second-order valence-corrected chi connectivity index (χ2v) is 2.84. The number of nitrogens with zero attached hydrogens (tertiary/aromatic N) is 1. The SMILES string of the molecule is CN1CC=Cc2ccccc21.I.I. The molecule has 0 bridgehead atoms. The molecule has 0 spiro atoms. The number of hydrogen-bond acceptors (Lipinski definition) is 1. The van der Waals surface area contributed by atoms with Crippen molar-refractivity contribution >= 4 is 59.7 Å². The summed E-state index contributed by atoms with van der Waals surface area (Å²) in [7, 11) is 2.11. The predicted molar refractivity (Wildman–Crippen MR) is 79.6 cm³/mol. The number of anilines is 1. The van der Waals surface area contributed by atoms with Crippen LogP contribution in [0.1, 0.15) is 5.56 Å². The molecule has 0 amide bonds. The zero-order chi connectivity index (χ0) is 7.68. The Morgan fingerprint density at radius 1 is 1.15 bits per heavy atom. The van der Waals surface area contributed by atoms with Crippen LogP contribution in [0.25, 0.3) is 6.08 Å². The van der Waals surface area contributed by atoms with Gasteiger partial charge in [0.25, 0.3) is 0 Å². The minimum Gasteiger partial charge on any atom is -0.370 e. The van der Waals surface area contributed by atoms with E-state index in [0.717, 1.165) is 6.54 Å². The Morgan fingerprint density at radius 2 is 1.85 bits per heavy atom. The van der Waals surface area contributed by atoms with E-state index in [-0.39, 0.29) is 48.0 Å². The van der Waals surface area contributed by atoms with Crippen LogP contribution in [0.2, 0.25) is 0 Å². The van der Waals surface area contributed by atoms with Gasteiger partial charge in [-0.05, 0) is 11.6 Å². The fourth-order valence-electron chi connectivity index (χ4n) is 1.41. The molecule has 0 radical (unpaired) electrons. The zero-order valence-corrected chi connectivity index (χ0v) is 12.1. The van der Waals surface area contributed by atoms with E-state index in [1.54, 1.807) is 0 Å². The normalized spacial score (nSPS) is 12.5. The van der Waals surface area contributed by atoms with Crippen molar-refractivity contribution in [2.24, 2.45) is 0 Å². The van der Waals surface area contributed by atoms with Crippen molar-refractivity contribution in [3.63, 3.8) is 0 Å². The first-order valence-corrected chi connectivity index (χ1v) is 3.84. The van der Waals surface area contributed by atoms with Crippen LogP contribution in [0.4, 0.5) is 5.69 Å². The lowest BCUT2D eigenvalue weighted by molar-refractivity contribution is 1.02. The Balaban J connectivity index is 0.000000720. The molecular formula is C10H13I2N. The Hall–Kier alpha value is 0.220. The third-order valence-electron chi connectivity index (χ3n) is 2.02. The molecule has 0 aliphatic carbocycles. The van der Waals surface area contributed by atoms with Gasteiger partial charge in [0.2, 0.25) is 0 Å². The number of hydrogen-bond donors (Lipinski definition) is 0. The van der Waals surface area contributed by atoms with Gasteiger partial charge in [-0.25, -0.2) is 0 Å². The largest absolute Gasteiger partial charge is 0.370 e. The van der Waals surface area contributed by atoms with Crippen LogP contribution in [-0.4, -0.2) is 13.6 Å². The highest BCUT2D eigenvalue weighted by Gasteiger charge is 2.06. The van der Waals surface area contributed by atoms with Gasteiger partial charge in [-0.2, -0.15) is 0 Å². The molecule has 72 valence electrons. The molecule has 0 saturated carbocycles. The molecule has 0 saturated heterocycles. The van der Waals surface area contributed by atoms with Gasteiger partial charge in [-0.3, -0.25) is 0 Å². The Morgan fingerprint density at radius 3 is 2.54 bits per heavy atom. The highest BCUT2D eigenvalue weighted by molar-refractivity contribution is 14.0. The summed E-state index contributed by atoms with van der Waals surface area (Å²) in [6.07, 6.45) is 4.36. The van der Waals surface area contributed by atoms with Gasteiger partial charge >= 0.3 is 0 Å². The summed E-state index contributed by atoms with van der Waals surface area (Å²) in [5.41, 5.74) is 2.65. The van der Waals surface area contributed by atoms with Crippen LogP contribution in [0.5, 0.6) is 0 Å². The van der Waals surface area contributed by atoms with Gasteiger partial charge in [0.15, 0.2) is 0 Å². The van der Waals surface area contributed by atoms with E-state index in [4.69, 9.17) is 0 Å². The minimum atomic E-state index is 0. The molecule has 0 atom stereocenters. The van der Waals surface area contributed by atoms with Crippen molar-refractivity contribution in [1.82, 2.24) is 0 Å². The molecule has 1 aliphatic heterocycles. The molecule has 1 aromatic rings. The fraction of sp³-hybridized carbons (Fsp3) is 0.200. The number of fused-ring (bicyclic) bond motifs is 1. The molecule has 3 heteroatoms. The van der Waals surface area contributed by atoms with E-state index in [1.165, 1.54) is 11.3 Å². The van der Waals surface area contributed by atoms with Crippen LogP contribution in [0.3, 0.4) is 0 Å². The topological polar surface area (TPSA) is 3.24 Å². The number of rotatable bonds is 0. The summed E-state index contributed by atoms with van der Waals surface area (Å²) in [5.74, 6) is 0. The standard InChI is InChI=1S/C10H11N.2HI/c1-11-8-4-6-9-5-2-3-7-10(9)11;;/h2-7H,8H2,1H3;2*1H. The summed E-state index contributed by atoms with van der Waals surface area (Å²) >= 11 is 0. The molecule has 0 unspecified atom stereocenters. The van der Waals surface area contributed by atoms with Crippen LogP contribution < -0.4 is 4.90 Å². The van der Waals surface area contributed by atoms with E-state index in [2.05, 4.69) is 48.4 Å². The maximum atomic E-state index is 2.25. The molecule has 0 aromatic heterocycles. The van der Waals surface area contributed by atoms with Crippen LogP contribution >= 0.6 is 48.0 Å². The average molecular weight is 401 g/mol. The first-order chi connectivity index (χ1) is 5.38. The van der Waals surface area contributed by atoms with Gasteiger partial charge < -0.3 is 4.90 Å². The van der Waals surface area contributed by atoms with Crippen molar-refractivity contribution in [3.8, 4) is 0 Å². The molecule has 2 rings (SSSR count). The molecule has 1 nitrogen and oxygen atoms in total.